The van der Waals surface area contributed by atoms with Gasteiger partial charge < -0.3 is 14.9 Å². The minimum Gasteiger partial charge on any atom is -0.493 e. The average molecular weight is 280 g/mol. The van der Waals surface area contributed by atoms with Gasteiger partial charge in [0.25, 0.3) is 0 Å². The summed E-state index contributed by atoms with van der Waals surface area (Å²) in [5.41, 5.74) is 3.45. The lowest BCUT2D eigenvalue weighted by Gasteiger charge is -2.22. The zero-order valence-corrected chi connectivity index (χ0v) is 13.3. The maximum atomic E-state index is 9.65. The first kappa shape index (κ1) is 17.0. The van der Waals surface area contributed by atoms with Gasteiger partial charge in [-0.2, -0.15) is 0 Å². The van der Waals surface area contributed by atoms with Crippen LogP contribution in [0.4, 0.5) is 0 Å². The summed E-state index contributed by atoms with van der Waals surface area (Å²) in [7, 11) is 0. The largest absolute Gasteiger partial charge is 0.493 e. The van der Waals surface area contributed by atoms with Crippen molar-refractivity contribution >= 4 is 0 Å². The van der Waals surface area contributed by atoms with E-state index in [1.165, 1.54) is 5.56 Å². The molecule has 0 fully saturated rings. The molecule has 0 aliphatic rings. The standard InChI is InChI=1S/C17H28O3/c1-11(2)10-20-17-14(5)6-12(3)7-16(17)13(4)8-15(19)9-18/h6-7,11,13,15,18-19H,8-10H2,1-5H3. The molecular formula is C17H28O3. The Morgan fingerprint density at radius 1 is 1.15 bits per heavy atom. The van der Waals surface area contributed by atoms with Crippen molar-refractivity contribution in [3.05, 3.63) is 28.8 Å². The van der Waals surface area contributed by atoms with E-state index in [-0.39, 0.29) is 12.5 Å². The maximum Gasteiger partial charge on any atom is 0.125 e. The summed E-state index contributed by atoms with van der Waals surface area (Å²) >= 11 is 0. The van der Waals surface area contributed by atoms with Crippen molar-refractivity contribution in [3.8, 4) is 5.75 Å². The highest BCUT2D eigenvalue weighted by Crippen LogP contribution is 2.34. The van der Waals surface area contributed by atoms with E-state index in [1.54, 1.807) is 0 Å². The highest BCUT2D eigenvalue weighted by molar-refractivity contribution is 5.45. The Kier molecular flexibility index (Phi) is 6.50. The van der Waals surface area contributed by atoms with Gasteiger partial charge in [0.15, 0.2) is 0 Å². The van der Waals surface area contributed by atoms with Crippen molar-refractivity contribution in [2.75, 3.05) is 13.2 Å². The number of hydrogen-bond donors (Lipinski definition) is 2. The van der Waals surface area contributed by atoms with Crippen LogP contribution in [0.2, 0.25) is 0 Å². The Morgan fingerprint density at radius 3 is 2.35 bits per heavy atom. The molecule has 0 saturated heterocycles. The van der Waals surface area contributed by atoms with Crippen molar-refractivity contribution in [1.29, 1.82) is 0 Å². The second-order valence-corrected chi connectivity index (χ2v) is 6.18. The van der Waals surface area contributed by atoms with E-state index >= 15 is 0 Å². The van der Waals surface area contributed by atoms with Crippen molar-refractivity contribution < 1.29 is 14.9 Å². The molecule has 20 heavy (non-hydrogen) atoms. The number of benzene rings is 1. The lowest BCUT2D eigenvalue weighted by atomic mass is 9.91. The third-order valence-electron chi connectivity index (χ3n) is 3.38. The zero-order valence-electron chi connectivity index (χ0n) is 13.3. The molecule has 3 nitrogen and oxygen atoms in total. The first-order valence-corrected chi connectivity index (χ1v) is 7.38. The second-order valence-electron chi connectivity index (χ2n) is 6.18. The summed E-state index contributed by atoms with van der Waals surface area (Å²) in [5, 5.41) is 18.7. The van der Waals surface area contributed by atoms with Gasteiger partial charge in [0.05, 0.1) is 19.3 Å². The van der Waals surface area contributed by atoms with Gasteiger partial charge in [0, 0.05) is 0 Å². The van der Waals surface area contributed by atoms with Gasteiger partial charge in [-0.1, -0.05) is 38.5 Å². The van der Waals surface area contributed by atoms with Crippen LogP contribution in [0.25, 0.3) is 0 Å². The first-order chi connectivity index (χ1) is 9.35. The quantitative estimate of drug-likeness (QED) is 0.806. The Morgan fingerprint density at radius 2 is 1.80 bits per heavy atom. The van der Waals surface area contributed by atoms with Crippen molar-refractivity contribution in [2.45, 2.75) is 53.1 Å². The van der Waals surface area contributed by atoms with Crippen molar-refractivity contribution in [2.24, 2.45) is 5.92 Å². The molecule has 2 N–H and O–H groups in total. The lowest BCUT2D eigenvalue weighted by molar-refractivity contribution is 0.0832. The number of ether oxygens (including phenoxy) is 1. The average Bonchev–Trinajstić information content (AvgIpc) is 2.36. The van der Waals surface area contributed by atoms with E-state index in [0.717, 1.165) is 16.9 Å². The van der Waals surface area contributed by atoms with Gasteiger partial charge in [-0.3, -0.25) is 0 Å². The summed E-state index contributed by atoms with van der Waals surface area (Å²) in [5.74, 6) is 1.56. The summed E-state index contributed by atoms with van der Waals surface area (Å²) in [4.78, 5) is 0. The van der Waals surface area contributed by atoms with E-state index in [0.29, 0.717) is 18.9 Å². The molecule has 2 unspecified atom stereocenters. The predicted octanol–water partition coefficient (Wildman–Crippen LogP) is 3.19. The summed E-state index contributed by atoms with van der Waals surface area (Å²) in [6.45, 7) is 10.9. The van der Waals surface area contributed by atoms with Crippen LogP contribution in [-0.4, -0.2) is 29.5 Å². The van der Waals surface area contributed by atoms with Crippen LogP contribution >= 0.6 is 0 Å². The molecule has 0 amide bonds. The zero-order chi connectivity index (χ0) is 15.3. The van der Waals surface area contributed by atoms with Crippen LogP contribution in [0.1, 0.15) is 49.8 Å². The van der Waals surface area contributed by atoms with Gasteiger partial charge in [-0.25, -0.2) is 0 Å². The summed E-state index contributed by atoms with van der Waals surface area (Å²) < 4.78 is 5.98. The van der Waals surface area contributed by atoms with Crippen LogP contribution in [-0.2, 0) is 0 Å². The van der Waals surface area contributed by atoms with Crippen LogP contribution < -0.4 is 4.74 Å². The van der Waals surface area contributed by atoms with Crippen LogP contribution in [0.3, 0.4) is 0 Å². The first-order valence-electron chi connectivity index (χ1n) is 7.38. The van der Waals surface area contributed by atoms with E-state index in [1.807, 2.05) is 0 Å². The van der Waals surface area contributed by atoms with Crippen molar-refractivity contribution in [3.63, 3.8) is 0 Å². The molecule has 0 bridgehead atoms. The van der Waals surface area contributed by atoms with E-state index in [4.69, 9.17) is 9.84 Å². The highest BCUT2D eigenvalue weighted by Gasteiger charge is 2.18. The topological polar surface area (TPSA) is 49.7 Å². The molecule has 0 heterocycles. The molecule has 0 spiro atoms. The fraction of sp³-hybridized carbons (Fsp3) is 0.647. The molecule has 1 rings (SSSR count). The minimum atomic E-state index is -0.677. The monoisotopic (exact) mass is 280 g/mol. The fourth-order valence-electron chi connectivity index (χ4n) is 2.41. The molecule has 1 aromatic carbocycles. The third-order valence-corrected chi connectivity index (χ3v) is 3.38. The fourth-order valence-corrected chi connectivity index (χ4v) is 2.41. The molecule has 3 heteroatoms. The number of aliphatic hydroxyl groups is 2. The van der Waals surface area contributed by atoms with Crippen molar-refractivity contribution in [1.82, 2.24) is 0 Å². The second kappa shape index (κ2) is 7.65. The molecule has 0 saturated carbocycles. The van der Waals surface area contributed by atoms with Gasteiger partial charge >= 0.3 is 0 Å². The summed E-state index contributed by atoms with van der Waals surface area (Å²) in [6, 6.07) is 4.24. The predicted molar refractivity (Wildman–Crippen MR) is 82.4 cm³/mol. The van der Waals surface area contributed by atoms with E-state index in [2.05, 4.69) is 46.8 Å². The van der Waals surface area contributed by atoms with Gasteiger partial charge in [0.2, 0.25) is 0 Å². The Labute approximate surface area is 122 Å². The van der Waals surface area contributed by atoms with Crippen LogP contribution in [0.15, 0.2) is 12.1 Å². The van der Waals surface area contributed by atoms with Crippen LogP contribution in [0, 0.1) is 19.8 Å². The summed E-state index contributed by atoms with van der Waals surface area (Å²) in [6.07, 6.45) is -0.138. The number of aryl methyl sites for hydroxylation is 2. The molecule has 0 aliphatic heterocycles. The van der Waals surface area contributed by atoms with Crippen LogP contribution in [0.5, 0.6) is 5.75 Å². The highest BCUT2D eigenvalue weighted by atomic mass is 16.5. The maximum absolute atomic E-state index is 9.65. The molecule has 0 radical (unpaired) electrons. The minimum absolute atomic E-state index is 0.151. The van der Waals surface area contributed by atoms with Gasteiger partial charge in [0.1, 0.15) is 5.75 Å². The van der Waals surface area contributed by atoms with E-state index in [9.17, 15) is 5.11 Å². The number of hydrogen-bond acceptors (Lipinski definition) is 3. The molecule has 2 atom stereocenters. The van der Waals surface area contributed by atoms with Gasteiger partial charge in [-0.15, -0.1) is 0 Å². The molecule has 114 valence electrons. The molecule has 0 aromatic heterocycles. The molecule has 1 aromatic rings. The number of aliphatic hydroxyl groups excluding tert-OH is 2. The Balaban J connectivity index is 3.02. The Bertz CT molecular complexity index is 426. The SMILES string of the molecule is Cc1cc(C)c(OCC(C)C)c(C(C)CC(O)CO)c1. The van der Waals surface area contributed by atoms with Gasteiger partial charge in [-0.05, 0) is 43.2 Å². The molecular weight excluding hydrogens is 252 g/mol. The van der Waals surface area contributed by atoms with E-state index < -0.39 is 6.10 Å². The normalized spacial score (nSPS) is 14.4. The molecule has 0 aliphatic carbocycles. The Hall–Kier alpha value is -1.06. The third kappa shape index (κ3) is 4.80. The lowest BCUT2D eigenvalue weighted by Crippen LogP contribution is -2.16. The number of rotatable bonds is 7. The smallest absolute Gasteiger partial charge is 0.125 e.